The molecule has 1 aliphatic heterocycles. The van der Waals surface area contributed by atoms with Crippen LogP contribution in [0.5, 0.6) is 5.88 Å². The molecule has 0 fully saturated rings. The Morgan fingerprint density at radius 1 is 1.46 bits per heavy atom. The normalized spacial score (nSPS) is 17.4. The van der Waals surface area contributed by atoms with Gasteiger partial charge in [0.2, 0.25) is 5.88 Å². The quantitative estimate of drug-likeness (QED) is 0.588. The highest BCUT2D eigenvalue weighted by molar-refractivity contribution is 7.71. The van der Waals surface area contributed by atoms with Gasteiger partial charge in [-0.05, 0) is 18.3 Å². The number of hydrogen-bond donors (Lipinski definition) is 3. The number of aromatic hydroxyl groups is 1. The third-order valence-corrected chi connectivity index (χ3v) is 1.71. The number of allylic oxidation sites excluding steroid dienone is 1. The van der Waals surface area contributed by atoms with E-state index in [-0.39, 0.29) is 5.88 Å². The molecule has 1 aromatic heterocycles. The summed E-state index contributed by atoms with van der Waals surface area (Å²) in [4.78, 5) is 13.0. The number of imidazole rings is 1. The minimum atomic E-state index is 0.00741. The number of aromatic nitrogens is 2. The summed E-state index contributed by atoms with van der Waals surface area (Å²) < 4.78 is 0.378. The number of hydrogen-bond acceptors (Lipinski definition) is 4. The highest BCUT2D eigenvalue weighted by atomic mass is 32.1. The van der Waals surface area contributed by atoms with Crippen LogP contribution in [0.25, 0.3) is 6.08 Å². The first-order chi connectivity index (χ1) is 6.25. The van der Waals surface area contributed by atoms with Gasteiger partial charge >= 0.3 is 0 Å². The predicted molar refractivity (Wildman–Crippen MR) is 52.6 cm³/mol. The molecule has 2 rings (SSSR count). The van der Waals surface area contributed by atoms with Gasteiger partial charge < -0.3 is 15.1 Å². The Morgan fingerprint density at radius 3 is 2.85 bits per heavy atom. The molecule has 0 spiro atoms. The zero-order valence-electron chi connectivity index (χ0n) is 6.48. The molecule has 6 heteroatoms. The molecule has 0 atom stereocenters. The summed E-state index contributed by atoms with van der Waals surface area (Å²) in [6, 6.07) is 0. The fourth-order valence-electron chi connectivity index (χ4n) is 0.958. The van der Waals surface area contributed by atoms with Crippen molar-refractivity contribution in [2.45, 2.75) is 0 Å². The average molecular weight is 194 g/mol. The van der Waals surface area contributed by atoms with E-state index >= 15 is 0 Å². The Bertz CT molecular complexity index is 451. The topological polar surface area (TPSA) is 76.5 Å². The first-order valence-electron chi connectivity index (χ1n) is 3.54. The van der Waals surface area contributed by atoms with Crippen molar-refractivity contribution >= 4 is 30.8 Å². The molecule has 0 unspecified atom stereocenters. The lowest BCUT2D eigenvalue weighted by molar-refractivity contribution is 0.455. The Labute approximate surface area is 78.6 Å². The van der Waals surface area contributed by atoms with Crippen LogP contribution in [-0.2, 0) is 0 Å². The van der Waals surface area contributed by atoms with Crippen molar-refractivity contribution in [1.82, 2.24) is 9.97 Å². The Kier molecular flexibility index (Phi) is 1.82. The predicted octanol–water partition coefficient (Wildman–Crippen LogP) is 1.23. The smallest absolute Gasteiger partial charge is 0.215 e. The van der Waals surface area contributed by atoms with E-state index in [1.54, 1.807) is 12.3 Å². The van der Waals surface area contributed by atoms with E-state index in [2.05, 4.69) is 20.0 Å². The van der Waals surface area contributed by atoms with Gasteiger partial charge in [-0.3, -0.25) is 0 Å². The molecule has 0 radical (unpaired) electrons. The molecule has 1 aliphatic rings. The highest BCUT2D eigenvalue weighted by Crippen LogP contribution is 2.15. The second kappa shape index (κ2) is 2.98. The molecule has 5 nitrogen and oxygen atoms in total. The molecule has 0 aliphatic carbocycles. The van der Waals surface area contributed by atoms with Gasteiger partial charge in [-0.25, -0.2) is 9.98 Å². The molecule has 0 amide bonds. The molecule has 0 aromatic carbocycles. The van der Waals surface area contributed by atoms with Gasteiger partial charge in [-0.1, -0.05) is 0 Å². The fraction of sp³-hybridized carbons (Fsp3) is 0. The largest absolute Gasteiger partial charge is 0.493 e. The summed E-state index contributed by atoms with van der Waals surface area (Å²) in [5, 5.41) is 9.30. The van der Waals surface area contributed by atoms with Crippen molar-refractivity contribution in [2.75, 3.05) is 0 Å². The highest BCUT2D eigenvalue weighted by Gasteiger charge is 2.02. The van der Waals surface area contributed by atoms with E-state index in [1.807, 2.05) is 0 Å². The lowest BCUT2D eigenvalue weighted by Gasteiger charge is -1.88. The minimum Gasteiger partial charge on any atom is -0.493 e. The number of nitrogens with zero attached hydrogens (tertiary/aromatic N) is 2. The third kappa shape index (κ3) is 1.57. The van der Waals surface area contributed by atoms with E-state index in [4.69, 9.17) is 12.2 Å². The van der Waals surface area contributed by atoms with Gasteiger partial charge in [-0.15, -0.1) is 0 Å². The van der Waals surface area contributed by atoms with Crippen LogP contribution in [0.15, 0.2) is 15.7 Å². The van der Waals surface area contributed by atoms with Gasteiger partial charge in [0.1, 0.15) is 12.0 Å². The van der Waals surface area contributed by atoms with Crippen LogP contribution in [0.2, 0.25) is 0 Å². The summed E-state index contributed by atoms with van der Waals surface area (Å²) in [6.45, 7) is 0. The zero-order chi connectivity index (χ0) is 9.26. The fourth-order valence-corrected chi connectivity index (χ4v) is 1.16. The molecule has 0 saturated carbocycles. The van der Waals surface area contributed by atoms with E-state index in [0.29, 0.717) is 16.2 Å². The monoisotopic (exact) mass is 194 g/mol. The number of H-pyrrole nitrogens is 2. The molecule has 3 N–H and O–H groups in total. The number of aliphatic imine (C=N–C) groups is 2. The Balaban J connectivity index is 2.42. The van der Waals surface area contributed by atoms with Gasteiger partial charge in [0.15, 0.2) is 4.77 Å². The lowest BCUT2D eigenvalue weighted by atomic mass is 10.3. The van der Waals surface area contributed by atoms with Gasteiger partial charge in [-0.2, -0.15) is 0 Å². The molecule has 2 heterocycles. The first-order valence-corrected chi connectivity index (χ1v) is 3.95. The molecular formula is C7H6N4OS. The van der Waals surface area contributed by atoms with Crippen molar-refractivity contribution in [3.8, 4) is 5.88 Å². The average Bonchev–Trinajstić information content (AvgIpc) is 2.63. The number of rotatable bonds is 1. The summed E-state index contributed by atoms with van der Waals surface area (Å²) in [5.74, 6) is 0.00741. The summed E-state index contributed by atoms with van der Waals surface area (Å²) >= 11 is 4.79. The van der Waals surface area contributed by atoms with E-state index < -0.39 is 0 Å². The molecule has 1 aromatic rings. The van der Waals surface area contributed by atoms with Crippen molar-refractivity contribution in [3.05, 3.63) is 16.2 Å². The second-order valence-electron chi connectivity index (χ2n) is 2.43. The molecule has 0 saturated heterocycles. The number of nitrogens with one attached hydrogen (secondary N) is 2. The maximum Gasteiger partial charge on any atom is 0.215 e. The molecule has 66 valence electrons. The zero-order valence-corrected chi connectivity index (χ0v) is 7.30. The Hall–Kier alpha value is -1.69. The summed E-state index contributed by atoms with van der Waals surface area (Å²) in [7, 11) is 0. The van der Waals surface area contributed by atoms with E-state index in [0.717, 1.165) is 0 Å². The standard InChI is InChI=1S/C7H6N4OS/c12-6-5(10-7(13)11-6)1-4-2-8-3-9-4/h1-3,12H,(H2,10,11,13). The van der Waals surface area contributed by atoms with Crippen LogP contribution < -0.4 is 0 Å². The van der Waals surface area contributed by atoms with Crippen LogP contribution in [0.1, 0.15) is 5.69 Å². The summed E-state index contributed by atoms with van der Waals surface area (Å²) in [6.07, 6.45) is 4.67. The van der Waals surface area contributed by atoms with E-state index in [9.17, 15) is 5.11 Å². The van der Waals surface area contributed by atoms with Crippen LogP contribution in [0.3, 0.4) is 0 Å². The minimum absolute atomic E-state index is 0.00741. The lowest BCUT2D eigenvalue weighted by Crippen LogP contribution is -1.77. The maximum absolute atomic E-state index is 9.30. The van der Waals surface area contributed by atoms with Gasteiger partial charge in [0, 0.05) is 0 Å². The maximum atomic E-state index is 9.30. The van der Waals surface area contributed by atoms with Crippen LogP contribution in [0, 0.1) is 4.77 Å². The van der Waals surface area contributed by atoms with Crippen molar-refractivity contribution in [2.24, 2.45) is 9.98 Å². The molecular weight excluding hydrogens is 188 g/mol. The third-order valence-electron chi connectivity index (χ3n) is 1.51. The molecule has 0 bridgehead atoms. The van der Waals surface area contributed by atoms with Crippen molar-refractivity contribution in [3.63, 3.8) is 0 Å². The van der Waals surface area contributed by atoms with Crippen LogP contribution in [-0.4, -0.2) is 27.6 Å². The Morgan fingerprint density at radius 2 is 2.31 bits per heavy atom. The van der Waals surface area contributed by atoms with E-state index in [1.165, 1.54) is 6.34 Å². The van der Waals surface area contributed by atoms with Gasteiger partial charge in [0.05, 0.1) is 11.9 Å². The van der Waals surface area contributed by atoms with Gasteiger partial charge in [0.25, 0.3) is 0 Å². The van der Waals surface area contributed by atoms with Crippen LogP contribution >= 0.6 is 12.2 Å². The van der Waals surface area contributed by atoms with Crippen LogP contribution in [0.4, 0.5) is 0 Å². The van der Waals surface area contributed by atoms with Crippen molar-refractivity contribution < 1.29 is 5.11 Å². The second-order valence-corrected chi connectivity index (χ2v) is 2.84. The molecule has 13 heavy (non-hydrogen) atoms. The number of aromatic amines is 2. The van der Waals surface area contributed by atoms with Crippen molar-refractivity contribution in [1.29, 1.82) is 0 Å². The SMILES string of the molecule is Oc1[nH]c(=S)[nH]c1C=C1C=NC=N1. The summed E-state index contributed by atoms with van der Waals surface area (Å²) in [5.41, 5.74) is 1.17. The first kappa shape index (κ1) is 7.93.